The van der Waals surface area contributed by atoms with Gasteiger partial charge in [0.25, 0.3) is 0 Å². The van der Waals surface area contributed by atoms with E-state index in [2.05, 4.69) is 32.6 Å². The summed E-state index contributed by atoms with van der Waals surface area (Å²) >= 11 is 0. The smallest absolute Gasteiger partial charge is 0.339 e. The van der Waals surface area contributed by atoms with Crippen LogP contribution in [0.5, 0.6) is 11.5 Å². The molecule has 0 aromatic heterocycles. The zero-order valence-corrected chi connectivity index (χ0v) is 27.6. The lowest BCUT2D eigenvalue weighted by Crippen LogP contribution is -2.45. The summed E-state index contributed by atoms with van der Waals surface area (Å²) in [6.45, 7) is 13.4. The van der Waals surface area contributed by atoms with Gasteiger partial charge in [0.2, 0.25) is 0 Å². The van der Waals surface area contributed by atoms with Crippen LogP contribution >= 0.6 is 0 Å². The molecule has 0 bridgehead atoms. The summed E-state index contributed by atoms with van der Waals surface area (Å²) in [6.07, 6.45) is 2.12. The first-order valence-electron chi connectivity index (χ1n) is 15.2. The molecule has 8 nitrogen and oxygen atoms in total. The van der Waals surface area contributed by atoms with Crippen LogP contribution in [-0.2, 0) is 24.4 Å². The standard InChI is InChI=1S/C35H43NO7S/c1-8-42-30-17-23(11-14-29(30)43-44(39,40)24-12-9-22(2)10-13-24)31-32-25(18-34(3,4)20-27(32)37)36(15-16-41-7)26-19-35(5,6)21-28(38)33(26)31/h9-14,17,31H,8,15-16,18-21H2,1-7H3. The number of nitrogens with zero attached hydrogens (tertiary/aromatic N) is 1. The number of carbonyl (C=O) groups excluding carboxylic acids is 2. The SMILES string of the molecule is CCOc1cc(C2C3=C(CC(C)(C)CC3=O)N(CCOC)C3=C2C(=O)CC(C)(C)C3)ccc1OS(=O)(=O)c1ccc(C)cc1. The number of benzene rings is 2. The molecule has 2 aromatic rings. The van der Waals surface area contributed by atoms with Crippen molar-refractivity contribution in [3.05, 3.63) is 76.1 Å². The first kappa shape index (κ1) is 32.0. The summed E-state index contributed by atoms with van der Waals surface area (Å²) in [6, 6.07) is 11.5. The highest BCUT2D eigenvalue weighted by Gasteiger charge is 2.49. The molecule has 236 valence electrons. The number of ether oxygens (including phenoxy) is 2. The van der Waals surface area contributed by atoms with Gasteiger partial charge in [-0.25, -0.2) is 0 Å². The van der Waals surface area contributed by atoms with E-state index >= 15 is 0 Å². The number of hydrogen-bond acceptors (Lipinski definition) is 8. The molecule has 0 unspecified atom stereocenters. The van der Waals surface area contributed by atoms with Crippen LogP contribution in [0.25, 0.3) is 0 Å². The van der Waals surface area contributed by atoms with Crippen molar-refractivity contribution in [3.63, 3.8) is 0 Å². The second-order valence-electron chi connectivity index (χ2n) is 13.7. The third-order valence-corrected chi connectivity index (χ3v) is 9.90. The molecule has 9 heteroatoms. The molecule has 0 atom stereocenters. The van der Waals surface area contributed by atoms with Crippen LogP contribution in [0, 0.1) is 17.8 Å². The lowest BCUT2D eigenvalue weighted by Gasteiger charge is -2.49. The van der Waals surface area contributed by atoms with Crippen molar-refractivity contribution in [2.75, 3.05) is 26.9 Å². The first-order valence-corrected chi connectivity index (χ1v) is 16.6. The van der Waals surface area contributed by atoms with Crippen molar-refractivity contribution in [2.45, 2.75) is 78.0 Å². The van der Waals surface area contributed by atoms with Gasteiger partial charge in [0, 0.05) is 55.0 Å². The Morgan fingerprint density at radius 1 is 0.841 bits per heavy atom. The van der Waals surface area contributed by atoms with Crippen LogP contribution in [0.3, 0.4) is 0 Å². The molecule has 0 fully saturated rings. The topological polar surface area (TPSA) is 99.2 Å². The predicted octanol–water partition coefficient (Wildman–Crippen LogP) is 6.49. The van der Waals surface area contributed by atoms with Gasteiger partial charge in [-0.1, -0.05) is 51.5 Å². The van der Waals surface area contributed by atoms with Crippen LogP contribution in [0.15, 0.2) is 69.9 Å². The van der Waals surface area contributed by atoms with E-state index in [4.69, 9.17) is 13.7 Å². The summed E-state index contributed by atoms with van der Waals surface area (Å²) in [4.78, 5) is 30.2. The van der Waals surface area contributed by atoms with Crippen molar-refractivity contribution in [3.8, 4) is 11.5 Å². The maximum atomic E-state index is 14.0. The monoisotopic (exact) mass is 621 g/mol. The zero-order chi connectivity index (χ0) is 32.0. The number of ketones is 2. The molecule has 2 aromatic carbocycles. The summed E-state index contributed by atoms with van der Waals surface area (Å²) in [5.74, 6) is -0.266. The number of Topliss-reactive ketones (excluding diaryl/α,β-unsaturated/α-hetero) is 2. The van der Waals surface area contributed by atoms with E-state index in [0.29, 0.717) is 55.5 Å². The van der Waals surface area contributed by atoms with Gasteiger partial charge in [-0.15, -0.1) is 0 Å². The van der Waals surface area contributed by atoms with Crippen molar-refractivity contribution >= 4 is 21.7 Å². The second kappa shape index (κ2) is 11.8. The molecule has 5 rings (SSSR count). The van der Waals surface area contributed by atoms with Gasteiger partial charge in [-0.2, -0.15) is 8.42 Å². The third kappa shape index (κ3) is 6.22. The van der Waals surface area contributed by atoms with Gasteiger partial charge in [-0.05, 0) is 67.3 Å². The quantitative estimate of drug-likeness (QED) is 0.293. The molecule has 1 aliphatic heterocycles. The third-order valence-electron chi connectivity index (χ3n) is 8.65. The van der Waals surface area contributed by atoms with Crippen LogP contribution in [-0.4, -0.2) is 51.8 Å². The highest BCUT2D eigenvalue weighted by atomic mass is 32.2. The maximum absolute atomic E-state index is 14.0. The molecule has 0 saturated heterocycles. The minimum atomic E-state index is -4.13. The van der Waals surface area contributed by atoms with Crippen molar-refractivity contribution in [1.29, 1.82) is 0 Å². The molecular formula is C35H43NO7S. The first-order chi connectivity index (χ1) is 20.7. The number of carbonyl (C=O) groups is 2. The number of methoxy groups -OCH3 is 1. The fourth-order valence-electron chi connectivity index (χ4n) is 6.75. The molecular weight excluding hydrogens is 578 g/mol. The fraction of sp³-hybridized carbons (Fsp3) is 0.486. The summed E-state index contributed by atoms with van der Waals surface area (Å²) in [7, 11) is -2.48. The van der Waals surface area contributed by atoms with E-state index in [9.17, 15) is 18.0 Å². The zero-order valence-electron chi connectivity index (χ0n) is 26.8. The Morgan fingerprint density at radius 2 is 1.41 bits per heavy atom. The van der Waals surface area contributed by atoms with E-state index in [1.165, 1.54) is 12.1 Å². The molecule has 0 spiro atoms. The summed E-state index contributed by atoms with van der Waals surface area (Å²) in [5.41, 5.74) is 4.30. The Labute approximate surface area is 261 Å². The number of rotatable bonds is 9. The molecule has 0 amide bonds. The Kier molecular flexibility index (Phi) is 8.59. The molecule has 0 saturated carbocycles. The molecule has 3 aliphatic rings. The molecule has 2 aliphatic carbocycles. The Hall–Kier alpha value is -3.43. The Bertz CT molecular complexity index is 1590. The fourth-order valence-corrected chi connectivity index (χ4v) is 7.69. The van der Waals surface area contributed by atoms with Gasteiger partial charge in [0.1, 0.15) is 4.90 Å². The number of aryl methyl sites for hydroxylation is 1. The Balaban J connectivity index is 1.66. The lowest BCUT2D eigenvalue weighted by molar-refractivity contribution is -0.119. The predicted molar refractivity (Wildman–Crippen MR) is 168 cm³/mol. The lowest BCUT2D eigenvalue weighted by atomic mass is 9.63. The van der Waals surface area contributed by atoms with Crippen molar-refractivity contribution in [1.82, 2.24) is 4.90 Å². The van der Waals surface area contributed by atoms with Gasteiger partial charge >= 0.3 is 10.1 Å². The molecule has 1 heterocycles. The van der Waals surface area contributed by atoms with Crippen LogP contribution in [0.4, 0.5) is 0 Å². The highest BCUT2D eigenvalue weighted by molar-refractivity contribution is 7.87. The normalized spacial score (nSPS) is 20.0. The molecule has 0 N–H and O–H groups in total. The van der Waals surface area contributed by atoms with Crippen LogP contribution < -0.4 is 8.92 Å². The van der Waals surface area contributed by atoms with E-state index in [0.717, 1.165) is 17.0 Å². The van der Waals surface area contributed by atoms with Crippen molar-refractivity contribution in [2.24, 2.45) is 10.8 Å². The van der Waals surface area contributed by atoms with Gasteiger partial charge in [0.05, 0.1) is 13.2 Å². The minimum absolute atomic E-state index is 0.0214. The minimum Gasteiger partial charge on any atom is -0.490 e. The van der Waals surface area contributed by atoms with Gasteiger partial charge in [0.15, 0.2) is 23.1 Å². The Morgan fingerprint density at radius 3 is 1.93 bits per heavy atom. The van der Waals surface area contributed by atoms with Gasteiger partial charge in [-0.3, -0.25) is 9.59 Å². The largest absolute Gasteiger partial charge is 0.490 e. The van der Waals surface area contributed by atoms with E-state index in [1.807, 2.05) is 6.92 Å². The maximum Gasteiger partial charge on any atom is 0.339 e. The average molecular weight is 622 g/mol. The van der Waals surface area contributed by atoms with E-state index in [-0.39, 0.29) is 45.4 Å². The summed E-state index contributed by atoms with van der Waals surface area (Å²) < 4.78 is 43.3. The van der Waals surface area contributed by atoms with Crippen LogP contribution in [0.1, 0.15) is 77.3 Å². The number of hydrogen-bond donors (Lipinski definition) is 0. The average Bonchev–Trinajstić information content (AvgIpc) is 2.91. The molecule has 44 heavy (non-hydrogen) atoms. The van der Waals surface area contributed by atoms with Crippen LogP contribution in [0.2, 0.25) is 0 Å². The van der Waals surface area contributed by atoms with E-state index < -0.39 is 16.0 Å². The molecule has 0 radical (unpaired) electrons. The second-order valence-corrected chi connectivity index (χ2v) is 15.2. The summed E-state index contributed by atoms with van der Waals surface area (Å²) in [5, 5.41) is 0. The number of allylic oxidation sites excluding steroid dienone is 4. The van der Waals surface area contributed by atoms with E-state index in [1.54, 1.807) is 44.4 Å². The van der Waals surface area contributed by atoms with Crippen molar-refractivity contribution < 1.29 is 31.7 Å². The van der Waals surface area contributed by atoms with Gasteiger partial charge < -0.3 is 18.6 Å². The highest BCUT2D eigenvalue weighted by Crippen LogP contribution is 2.55.